The molecule has 2 N–H and O–H groups in total. The summed E-state index contributed by atoms with van der Waals surface area (Å²) in [7, 11) is 0. The van der Waals surface area contributed by atoms with Crippen LogP contribution in [0.25, 0.3) is 5.57 Å². The Morgan fingerprint density at radius 1 is 1.69 bits per heavy atom. The first-order valence-electron chi connectivity index (χ1n) is 4.66. The van der Waals surface area contributed by atoms with E-state index in [1.54, 1.807) is 0 Å². The molecule has 0 spiro atoms. The highest BCUT2D eigenvalue weighted by atomic mass is 15.4. The number of nitrogens with zero attached hydrogens (tertiary/aromatic N) is 3. The largest absolute Gasteiger partial charge is 0.324 e. The summed E-state index contributed by atoms with van der Waals surface area (Å²) in [4.78, 5) is 0. The molecular formula is C9H14N4. The summed E-state index contributed by atoms with van der Waals surface area (Å²) < 4.78 is 1.91. The van der Waals surface area contributed by atoms with Gasteiger partial charge in [0.25, 0.3) is 0 Å². The van der Waals surface area contributed by atoms with Gasteiger partial charge in [0.05, 0.1) is 11.9 Å². The van der Waals surface area contributed by atoms with E-state index in [0.717, 1.165) is 25.1 Å². The van der Waals surface area contributed by atoms with Crippen LogP contribution in [0.2, 0.25) is 0 Å². The minimum atomic E-state index is 0.218. The third-order valence-electron chi connectivity index (χ3n) is 2.41. The van der Waals surface area contributed by atoms with E-state index >= 15 is 0 Å². The lowest BCUT2D eigenvalue weighted by Crippen LogP contribution is -2.11. The van der Waals surface area contributed by atoms with E-state index in [0.29, 0.717) is 0 Å². The topological polar surface area (TPSA) is 56.7 Å². The molecule has 1 aromatic heterocycles. The molecule has 4 nitrogen and oxygen atoms in total. The average Bonchev–Trinajstić information content (AvgIpc) is 2.71. The number of rotatable bonds is 2. The molecule has 1 aliphatic carbocycles. The summed E-state index contributed by atoms with van der Waals surface area (Å²) in [5, 5.41) is 7.88. The Kier molecular flexibility index (Phi) is 2.14. The monoisotopic (exact) mass is 178 g/mol. The predicted octanol–water partition coefficient (Wildman–Crippen LogP) is 0.802. The third kappa shape index (κ3) is 1.49. The van der Waals surface area contributed by atoms with Gasteiger partial charge in [-0.25, -0.2) is 4.68 Å². The van der Waals surface area contributed by atoms with Gasteiger partial charge in [0.1, 0.15) is 0 Å². The number of nitrogens with two attached hydrogens (primary N) is 1. The van der Waals surface area contributed by atoms with Crippen molar-refractivity contribution in [3.63, 3.8) is 0 Å². The van der Waals surface area contributed by atoms with Gasteiger partial charge >= 0.3 is 0 Å². The van der Waals surface area contributed by atoms with Crippen molar-refractivity contribution in [1.82, 2.24) is 15.0 Å². The summed E-state index contributed by atoms with van der Waals surface area (Å²) in [5.74, 6) is 0. The van der Waals surface area contributed by atoms with Crippen LogP contribution in [-0.4, -0.2) is 21.0 Å². The summed E-state index contributed by atoms with van der Waals surface area (Å²) in [6, 6.07) is 0.218. The Morgan fingerprint density at radius 2 is 2.54 bits per heavy atom. The first-order chi connectivity index (χ1) is 6.31. The third-order valence-corrected chi connectivity index (χ3v) is 2.41. The zero-order chi connectivity index (χ0) is 9.26. The molecule has 1 heterocycles. The molecule has 0 saturated carbocycles. The van der Waals surface area contributed by atoms with Crippen molar-refractivity contribution in [2.45, 2.75) is 32.4 Å². The molecule has 1 aliphatic rings. The van der Waals surface area contributed by atoms with Gasteiger partial charge in [-0.3, -0.25) is 0 Å². The Morgan fingerprint density at radius 3 is 3.15 bits per heavy atom. The Bertz CT molecular complexity index is 326. The van der Waals surface area contributed by atoms with E-state index in [-0.39, 0.29) is 6.04 Å². The predicted molar refractivity (Wildman–Crippen MR) is 50.9 cm³/mol. The molecule has 0 fully saturated rings. The molecule has 13 heavy (non-hydrogen) atoms. The second kappa shape index (κ2) is 3.30. The van der Waals surface area contributed by atoms with Crippen LogP contribution in [0.3, 0.4) is 0 Å². The van der Waals surface area contributed by atoms with Crippen LogP contribution < -0.4 is 5.73 Å². The van der Waals surface area contributed by atoms with Crippen LogP contribution in [0.5, 0.6) is 0 Å². The molecule has 0 saturated heterocycles. The molecule has 0 amide bonds. The van der Waals surface area contributed by atoms with Gasteiger partial charge in [-0.1, -0.05) is 11.3 Å². The molecule has 0 aliphatic heterocycles. The van der Waals surface area contributed by atoms with Crippen LogP contribution in [0.4, 0.5) is 0 Å². The van der Waals surface area contributed by atoms with Gasteiger partial charge in [0.2, 0.25) is 0 Å². The molecule has 70 valence electrons. The second-order valence-corrected chi connectivity index (χ2v) is 3.33. The van der Waals surface area contributed by atoms with Crippen LogP contribution >= 0.6 is 0 Å². The molecule has 1 atom stereocenters. The highest BCUT2D eigenvalue weighted by molar-refractivity contribution is 5.65. The van der Waals surface area contributed by atoms with Crippen molar-refractivity contribution in [3.05, 3.63) is 18.0 Å². The second-order valence-electron chi connectivity index (χ2n) is 3.33. The van der Waals surface area contributed by atoms with E-state index in [4.69, 9.17) is 5.73 Å². The van der Waals surface area contributed by atoms with Crippen LogP contribution in [-0.2, 0) is 6.54 Å². The van der Waals surface area contributed by atoms with Crippen molar-refractivity contribution in [1.29, 1.82) is 0 Å². The van der Waals surface area contributed by atoms with Crippen molar-refractivity contribution in [2.75, 3.05) is 0 Å². The normalized spacial score (nSPS) is 22.0. The lowest BCUT2D eigenvalue weighted by atomic mass is 10.2. The fourth-order valence-electron chi connectivity index (χ4n) is 1.70. The van der Waals surface area contributed by atoms with Crippen LogP contribution in [0.1, 0.15) is 25.5 Å². The van der Waals surface area contributed by atoms with Crippen molar-refractivity contribution in [3.8, 4) is 0 Å². The van der Waals surface area contributed by atoms with E-state index < -0.39 is 0 Å². The summed E-state index contributed by atoms with van der Waals surface area (Å²) >= 11 is 0. The SMILES string of the molecule is CCn1nncc1C1=CC(N)CC1. The number of hydrogen-bond donors (Lipinski definition) is 1. The fraction of sp³-hybridized carbons (Fsp3) is 0.556. The van der Waals surface area contributed by atoms with Gasteiger partial charge in [0, 0.05) is 12.6 Å². The van der Waals surface area contributed by atoms with Crippen LogP contribution in [0.15, 0.2) is 12.3 Å². The fourth-order valence-corrected chi connectivity index (χ4v) is 1.70. The molecule has 0 radical (unpaired) electrons. The van der Waals surface area contributed by atoms with E-state index in [2.05, 4.69) is 23.3 Å². The van der Waals surface area contributed by atoms with Crippen molar-refractivity contribution in [2.24, 2.45) is 5.73 Å². The van der Waals surface area contributed by atoms with Crippen molar-refractivity contribution >= 4 is 5.57 Å². The Labute approximate surface area is 77.4 Å². The first-order valence-corrected chi connectivity index (χ1v) is 4.66. The van der Waals surface area contributed by atoms with E-state index in [9.17, 15) is 0 Å². The maximum atomic E-state index is 5.80. The number of aromatic nitrogens is 3. The molecule has 0 bridgehead atoms. The minimum Gasteiger partial charge on any atom is -0.324 e. The van der Waals surface area contributed by atoms with Crippen LogP contribution in [0, 0.1) is 0 Å². The summed E-state index contributed by atoms with van der Waals surface area (Å²) in [6.45, 7) is 2.93. The molecule has 2 rings (SSSR count). The first kappa shape index (κ1) is 8.44. The number of allylic oxidation sites excluding steroid dienone is 1. The standard InChI is InChI=1S/C9H14N4/c1-2-13-9(6-11-12-13)7-3-4-8(10)5-7/h5-6,8H,2-4,10H2,1H3. The van der Waals surface area contributed by atoms with Gasteiger partial charge < -0.3 is 5.73 Å². The van der Waals surface area contributed by atoms with Gasteiger partial charge in [0.15, 0.2) is 0 Å². The average molecular weight is 178 g/mol. The lowest BCUT2D eigenvalue weighted by Gasteiger charge is -2.02. The number of aryl methyl sites for hydroxylation is 1. The molecule has 1 aromatic rings. The number of hydrogen-bond acceptors (Lipinski definition) is 3. The zero-order valence-electron chi connectivity index (χ0n) is 7.77. The van der Waals surface area contributed by atoms with E-state index in [1.807, 2.05) is 10.9 Å². The quantitative estimate of drug-likeness (QED) is 0.728. The summed E-state index contributed by atoms with van der Waals surface area (Å²) in [6.07, 6.45) is 6.02. The molecule has 1 unspecified atom stereocenters. The van der Waals surface area contributed by atoms with Gasteiger partial charge in [-0.05, 0) is 25.3 Å². The molecular weight excluding hydrogens is 164 g/mol. The Balaban J connectivity index is 2.30. The summed E-state index contributed by atoms with van der Waals surface area (Å²) in [5.41, 5.74) is 8.21. The Hall–Kier alpha value is -1.16. The highest BCUT2D eigenvalue weighted by Crippen LogP contribution is 2.26. The highest BCUT2D eigenvalue weighted by Gasteiger charge is 2.16. The minimum absolute atomic E-state index is 0.218. The van der Waals surface area contributed by atoms with Gasteiger partial charge in [-0.2, -0.15) is 0 Å². The van der Waals surface area contributed by atoms with Crippen molar-refractivity contribution < 1.29 is 0 Å². The zero-order valence-corrected chi connectivity index (χ0v) is 7.77. The molecule has 0 aromatic carbocycles. The maximum absolute atomic E-state index is 5.80. The maximum Gasteiger partial charge on any atom is 0.0842 e. The smallest absolute Gasteiger partial charge is 0.0842 e. The lowest BCUT2D eigenvalue weighted by molar-refractivity contribution is 0.619. The molecule has 4 heteroatoms. The van der Waals surface area contributed by atoms with E-state index in [1.165, 1.54) is 5.57 Å². The van der Waals surface area contributed by atoms with Gasteiger partial charge in [-0.15, -0.1) is 5.10 Å².